The fourth-order valence-corrected chi connectivity index (χ4v) is 1.86. The number of alkyl halides is 6. The molecule has 0 N–H and O–H groups in total. The van der Waals surface area contributed by atoms with Gasteiger partial charge in [0.25, 0.3) is 0 Å². The maximum atomic E-state index is 12.6. The van der Waals surface area contributed by atoms with E-state index in [2.05, 4.69) is 0 Å². The van der Waals surface area contributed by atoms with E-state index in [0.29, 0.717) is 12.8 Å². The van der Waals surface area contributed by atoms with Crippen molar-refractivity contribution < 1.29 is 26.3 Å². The average molecular weight is 284 g/mol. The molecule has 0 fully saturated rings. The third-order valence-electron chi connectivity index (χ3n) is 2.90. The van der Waals surface area contributed by atoms with E-state index in [9.17, 15) is 26.3 Å². The molecule has 1 rings (SSSR count). The molecule has 0 aromatic heterocycles. The van der Waals surface area contributed by atoms with Crippen molar-refractivity contribution in [2.24, 2.45) is 0 Å². The Labute approximate surface area is 107 Å². The molecule has 108 valence electrons. The van der Waals surface area contributed by atoms with Crippen molar-refractivity contribution >= 4 is 0 Å². The molecule has 0 radical (unpaired) electrons. The van der Waals surface area contributed by atoms with Crippen molar-refractivity contribution in [2.45, 2.75) is 45.0 Å². The van der Waals surface area contributed by atoms with Crippen LogP contribution in [-0.4, -0.2) is 0 Å². The predicted octanol–water partition coefficient (Wildman–Crippen LogP) is 5.63. The molecule has 0 spiro atoms. The lowest BCUT2D eigenvalue weighted by Crippen LogP contribution is -2.12. The van der Waals surface area contributed by atoms with Gasteiger partial charge in [-0.1, -0.05) is 20.3 Å². The molecule has 0 saturated carbocycles. The second-order valence-corrected chi connectivity index (χ2v) is 4.53. The summed E-state index contributed by atoms with van der Waals surface area (Å²) in [7, 11) is 0. The smallest absolute Gasteiger partial charge is 0.166 e. The number of halogens is 6. The minimum Gasteiger partial charge on any atom is -0.166 e. The molecule has 0 bridgehead atoms. The number of hydrogen-bond donors (Lipinski definition) is 0. The molecule has 6 heteroatoms. The van der Waals surface area contributed by atoms with E-state index in [1.165, 1.54) is 0 Å². The van der Waals surface area contributed by atoms with E-state index in [0.717, 1.165) is 12.1 Å². The molecule has 0 nitrogen and oxygen atoms in total. The zero-order valence-corrected chi connectivity index (χ0v) is 10.5. The van der Waals surface area contributed by atoms with E-state index >= 15 is 0 Å². The monoisotopic (exact) mass is 284 g/mol. The van der Waals surface area contributed by atoms with Crippen molar-refractivity contribution in [3.8, 4) is 0 Å². The summed E-state index contributed by atoms with van der Waals surface area (Å²) in [6.45, 7) is 3.45. The van der Waals surface area contributed by atoms with E-state index in [1.807, 2.05) is 6.92 Å². The molecule has 0 aliphatic carbocycles. The predicted molar refractivity (Wildman–Crippen MR) is 59.8 cm³/mol. The molecule has 0 amide bonds. The molecular weight excluding hydrogens is 270 g/mol. The standard InChI is InChI=1S/C13H14F6/c1-3-4-8(2)9-5-10(12(14,15)16)7-11(6-9)13(17,18)19/h5-8H,3-4H2,1-2H3. The summed E-state index contributed by atoms with van der Waals surface area (Å²) in [5, 5.41) is 0. The van der Waals surface area contributed by atoms with Crippen molar-refractivity contribution in [2.75, 3.05) is 0 Å². The van der Waals surface area contributed by atoms with Gasteiger partial charge in [0.1, 0.15) is 0 Å². The lowest BCUT2D eigenvalue weighted by atomic mass is 9.93. The first-order valence-electron chi connectivity index (χ1n) is 5.85. The lowest BCUT2D eigenvalue weighted by Gasteiger charge is -2.17. The van der Waals surface area contributed by atoms with Crippen LogP contribution < -0.4 is 0 Å². The molecule has 1 unspecified atom stereocenters. The normalized spacial score (nSPS) is 14.5. The summed E-state index contributed by atoms with van der Waals surface area (Å²) in [5.74, 6) is -0.339. The fraction of sp³-hybridized carbons (Fsp3) is 0.538. The maximum absolute atomic E-state index is 12.6. The zero-order valence-electron chi connectivity index (χ0n) is 10.5. The van der Waals surface area contributed by atoms with Crippen molar-refractivity contribution in [1.82, 2.24) is 0 Å². The summed E-state index contributed by atoms with van der Waals surface area (Å²) in [6.07, 6.45) is -8.32. The highest BCUT2D eigenvalue weighted by molar-refractivity contribution is 5.35. The Balaban J connectivity index is 3.33. The lowest BCUT2D eigenvalue weighted by molar-refractivity contribution is -0.143. The van der Waals surface area contributed by atoms with Crippen LogP contribution in [0.5, 0.6) is 0 Å². The second-order valence-electron chi connectivity index (χ2n) is 4.53. The van der Waals surface area contributed by atoms with E-state index in [-0.39, 0.29) is 17.5 Å². The highest BCUT2D eigenvalue weighted by Gasteiger charge is 2.37. The van der Waals surface area contributed by atoms with Gasteiger partial charge >= 0.3 is 12.4 Å². The Morgan fingerprint density at radius 1 is 0.895 bits per heavy atom. The first kappa shape index (κ1) is 15.9. The van der Waals surface area contributed by atoms with Crippen LogP contribution >= 0.6 is 0 Å². The van der Waals surface area contributed by atoms with Crippen LogP contribution in [0.3, 0.4) is 0 Å². The minimum atomic E-state index is -4.78. The Morgan fingerprint density at radius 2 is 1.32 bits per heavy atom. The van der Waals surface area contributed by atoms with E-state index in [4.69, 9.17) is 0 Å². The van der Waals surface area contributed by atoms with Gasteiger partial charge in [0, 0.05) is 0 Å². The topological polar surface area (TPSA) is 0 Å². The summed E-state index contributed by atoms with van der Waals surface area (Å²) >= 11 is 0. The summed E-state index contributed by atoms with van der Waals surface area (Å²) in [6, 6.07) is 1.76. The number of benzene rings is 1. The van der Waals surface area contributed by atoms with Gasteiger partial charge in [-0.2, -0.15) is 26.3 Å². The molecule has 0 aliphatic heterocycles. The van der Waals surface area contributed by atoms with Crippen LogP contribution in [0.2, 0.25) is 0 Å². The van der Waals surface area contributed by atoms with Crippen molar-refractivity contribution in [3.05, 3.63) is 34.9 Å². The molecule has 19 heavy (non-hydrogen) atoms. The fourth-order valence-electron chi connectivity index (χ4n) is 1.86. The Hall–Kier alpha value is -1.20. The zero-order chi connectivity index (χ0) is 14.8. The van der Waals surface area contributed by atoms with Crippen molar-refractivity contribution in [1.29, 1.82) is 0 Å². The summed E-state index contributed by atoms with van der Waals surface area (Å²) in [5.41, 5.74) is -2.43. The third kappa shape index (κ3) is 4.14. The van der Waals surface area contributed by atoms with Crippen LogP contribution in [0, 0.1) is 0 Å². The van der Waals surface area contributed by atoms with Gasteiger partial charge in [-0.15, -0.1) is 0 Å². The van der Waals surface area contributed by atoms with Gasteiger partial charge in [-0.25, -0.2) is 0 Å². The molecule has 0 aliphatic rings. The molecule has 0 saturated heterocycles. The highest BCUT2D eigenvalue weighted by atomic mass is 19.4. The van der Waals surface area contributed by atoms with Gasteiger partial charge in [-0.3, -0.25) is 0 Å². The SMILES string of the molecule is CCCC(C)c1cc(C(F)(F)F)cc(C(F)(F)F)c1. The molecule has 1 aromatic carbocycles. The van der Waals surface area contributed by atoms with Gasteiger partial charge in [0.05, 0.1) is 11.1 Å². The maximum Gasteiger partial charge on any atom is 0.416 e. The summed E-state index contributed by atoms with van der Waals surface area (Å²) < 4.78 is 75.7. The third-order valence-corrected chi connectivity index (χ3v) is 2.90. The van der Waals surface area contributed by atoms with E-state index < -0.39 is 23.5 Å². The highest BCUT2D eigenvalue weighted by Crippen LogP contribution is 2.38. The van der Waals surface area contributed by atoms with Crippen LogP contribution in [0.1, 0.15) is 49.3 Å². The molecule has 0 heterocycles. The van der Waals surface area contributed by atoms with Gasteiger partial charge in [0.2, 0.25) is 0 Å². The minimum absolute atomic E-state index is 0.0731. The van der Waals surface area contributed by atoms with Gasteiger partial charge in [0.15, 0.2) is 0 Å². The van der Waals surface area contributed by atoms with Gasteiger partial charge in [-0.05, 0) is 36.1 Å². The van der Waals surface area contributed by atoms with Crippen molar-refractivity contribution in [3.63, 3.8) is 0 Å². The van der Waals surface area contributed by atoms with Crippen LogP contribution in [0.4, 0.5) is 26.3 Å². The van der Waals surface area contributed by atoms with Crippen LogP contribution in [-0.2, 0) is 12.4 Å². The van der Waals surface area contributed by atoms with Gasteiger partial charge < -0.3 is 0 Å². The average Bonchev–Trinajstić information content (AvgIpc) is 2.26. The first-order valence-corrected chi connectivity index (χ1v) is 5.85. The summed E-state index contributed by atoms with van der Waals surface area (Å²) in [4.78, 5) is 0. The first-order chi connectivity index (χ1) is 8.55. The second kappa shape index (κ2) is 5.43. The Bertz CT molecular complexity index is 397. The number of rotatable bonds is 3. The van der Waals surface area contributed by atoms with Crippen LogP contribution in [0.25, 0.3) is 0 Å². The Morgan fingerprint density at radius 3 is 1.63 bits per heavy atom. The molecule has 1 atom stereocenters. The quantitative estimate of drug-likeness (QED) is 0.631. The largest absolute Gasteiger partial charge is 0.416 e. The molecular formula is C13H14F6. The number of hydrogen-bond acceptors (Lipinski definition) is 0. The molecule has 1 aromatic rings. The Kier molecular flexibility index (Phi) is 4.53. The van der Waals surface area contributed by atoms with E-state index in [1.54, 1.807) is 6.92 Å². The van der Waals surface area contributed by atoms with Crippen LogP contribution in [0.15, 0.2) is 18.2 Å².